The van der Waals surface area contributed by atoms with Gasteiger partial charge in [0.2, 0.25) is 0 Å². The van der Waals surface area contributed by atoms with Crippen LogP contribution in [-0.2, 0) is 11.4 Å². The van der Waals surface area contributed by atoms with Crippen LogP contribution in [0.3, 0.4) is 0 Å². The Morgan fingerprint density at radius 1 is 1.25 bits per heavy atom. The molecule has 1 aliphatic heterocycles. The SMILES string of the molecule is C#CCN1C(=O)S/C(=C/c2cc(I)c(OCc3ccc([N+](=O)[O-])cc3)c(OCC)c2)C1=O. The van der Waals surface area contributed by atoms with E-state index in [4.69, 9.17) is 15.9 Å². The Bertz CT molecular complexity index is 1140. The summed E-state index contributed by atoms with van der Waals surface area (Å²) >= 11 is 2.94. The predicted molar refractivity (Wildman–Crippen MR) is 129 cm³/mol. The fraction of sp³-hybridized carbons (Fsp3) is 0.182. The molecule has 2 aromatic carbocycles. The van der Waals surface area contributed by atoms with Gasteiger partial charge in [-0.2, -0.15) is 0 Å². The molecule has 0 radical (unpaired) electrons. The molecule has 0 atom stereocenters. The first kappa shape index (κ1) is 23.6. The Morgan fingerprint density at radius 3 is 2.59 bits per heavy atom. The van der Waals surface area contributed by atoms with Crippen LogP contribution in [0.25, 0.3) is 6.08 Å². The lowest BCUT2D eigenvalue weighted by atomic mass is 10.1. The summed E-state index contributed by atoms with van der Waals surface area (Å²) in [6.07, 6.45) is 6.84. The van der Waals surface area contributed by atoms with Gasteiger partial charge in [0, 0.05) is 12.1 Å². The molecule has 1 aliphatic rings. The molecule has 0 spiro atoms. The normalized spacial score (nSPS) is 14.5. The van der Waals surface area contributed by atoms with Crippen LogP contribution < -0.4 is 9.47 Å². The van der Waals surface area contributed by atoms with Crippen molar-refractivity contribution in [2.24, 2.45) is 0 Å². The molecule has 1 fully saturated rings. The first-order valence-electron chi connectivity index (χ1n) is 9.35. The van der Waals surface area contributed by atoms with E-state index in [1.807, 2.05) is 13.0 Å². The van der Waals surface area contributed by atoms with Gasteiger partial charge in [-0.3, -0.25) is 24.6 Å². The van der Waals surface area contributed by atoms with Gasteiger partial charge in [0.1, 0.15) is 6.61 Å². The average molecular weight is 564 g/mol. The van der Waals surface area contributed by atoms with Crippen LogP contribution in [0.1, 0.15) is 18.1 Å². The van der Waals surface area contributed by atoms with E-state index in [0.717, 1.165) is 25.8 Å². The van der Waals surface area contributed by atoms with E-state index < -0.39 is 16.1 Å². The van der Waals surface area contributed by atoms with Gasteiger partial charge in [0.05, 0.1) is 26.6 Å². The number of ether oxygens (including phenoxy) is 2. The van der Waals surface area contributed by atoms with E-state index >= 15 is 0 Å². The number of nitrogens with zero attached hydrogens (tertiary/aromatic N) is 2. The van der Waals surface area contributed by atoms with E-state index in [2.05, 4.69) is 28.5 Å². The Morgan fingerprint density at radius 2 is 1.97 bits per heavy atom. The minimum Gasteiger partial charge on any atom is -0.490 e. The number of halogens is 1. The second-order valence-corrected chi connectivity index (χ2v) is 8.60. The minimum absolute atomic E-state index is 0.00865. The molecule has 0 N–H and O–H groups in total. The molecule has 8 nitrogen and oxygen atoms in total. The van der Waals surface area contributed by atoms with Gasteiger partial charge < -0.3 is 9.47 Å². The molecule has 0 aliphatic carbocycles. The average Bonchev–Trinajstić information content (AvgIpc) is 3.01. The van der Waals surface area contributed by atoms with Gasteiger partial charge in [-0.05, 0) is 82.7 Å². The maximum absolute atomic E-state index is 12.4. The number of rotatable bonds is 8. The van der Waals surface area contributed by atoms with E-state index in [0.29, 0.717) is 23.7 Å². The number of thioether (sulfide) groups is 1. The fourth-order valence-corrected chi connectivity index (χ4v) is 4.44. The molecule has 32 heavy (non-hydrogen) atoms. The number of non-ortho nitro benzene ring substituents is 1. The number of carbonyl (C=O) groups excluding carboxylic acids is 2. The molecule has 0 bridgehead atoms. The van der Waals surface area contributed by atoms with Crippen LogP contribution >= 0.6 is 34.4 Å². The topological polar surface area (TPSA) is 99.0 Å². The van der Waals surface area contributed by atoms with Gasteiger partial charge in [-0.1, -0.05) is 5.92 Å². The number of carbonyl (C=O) groups is 2. The molecule has 0 unspecified atom stereocenters. The molecule has 0 saturated carbocycles. The zero-order valence-electron chi connectivity index (χ0n) is 16.9. The molecule has 2 amide bonds. The minimum atomic E-state index is -0.458. The van der Waals surface area contributed by atoms with Crippen molar-refractivity contribution in [3.8, 4) is 23.8 Å². The van der Waals surface area contributed by atoms with Crippen molar-refractivity contribution < 1.29 is 24.0 Å². The molecule has 10 heteroatoms. The highest BCUT2D eigenvalue weighted by molar-refractivity contribution is 14.1. The van der Waals surface area contributed by atoms with Crippen LogP contribution in [0.5, 0.6) is 11.5 Å². The third-order valence-electron chi connectivity index (χ3n) is 4.28. The fourth-order valence-electron chi connectivity index (χ4n) is 2.82. The number of benzene rings is 2. The second kappa shape index (κ2) is 10.5. The number of imide groups is 1. The van der Waals surface area contributed by atoms with Gasteiger partial charge in [-0.15, -0.1) is 6.42 Å². The molecule has 0 aromatic heterocycles. The summed E-state index contributed by atoms with van der Waals surface area (Å²) < 4.78 is 12.4. The van der Waals surface area contributed by atoms with Crippen LogP contribution in [0, 0.1) is 26.0 Å². The quantitative estimate of drug-likeness (QED) is 0.149. The summed E-state index contributed by atoms with van der Waals surface area (Å²) in [5.74, 6) is 2.88. The lowest BCUT2D eigenvalue weighted by Crippen LogP contribution is -2.28. The van der Waals surface area contributed by atoms with Crippen molar-refractivity contribution >= 4 is 57.3 Å². The third-order valence-corrected chi connectivity index (χ3v) is 5.99. The smallest absolute Gasteiger partial charge is 0.294 e. The Labute approximate surface area is 202 Å². The predicted octanol–water partition coefficient (Wildman–Crippen LogP) is 4.85. The van der Waals surface area contributed by atoms with Gasteiger partial charge >= 0.3 is 0 Å². The molecule has 2 aromatic rings. The molecule has 164 valence electrons. The molecular weight excluding hydrogens is 547 g/mol. The van der Waals surface area contributed by atoms with Crippen LogP contribution in [0.15, 0.2) is 41.3 Å². The number of hydrogen-bond donors (Lipinski definition) is 0. The Kier molecular flexibility index (Phi) is 7.76. The van der Waals surface area contributed by atoms with Crippen molar-refractivity contribution in [3.63, 3.8) is 0 Å². The molecular formula is C22H17IN2O6S. The Hall–Kier alpha value is -3.04. The van der Waals surface area contributed by atoms with Crippen LogP contribution in [-0.4, -0.2) is 34.1 Å². The van der Waals surface area contributed by atoms with Gasteiger partial charge in [0.15, 0.2) is 11.5 Å². The number of nitro benzene ring substituents is 1. The van der Waals surface area contributed by atoms with Gasteiger partial charge in [0.25, 0.3) is 16.8 Å². The zero-order chi connectivity index (χ0) is 23.3. The molecule has 1 heterocycles. The summed E-state index contributed by atoms with van der Waals surface area (Å²) in [7, 11) is 0. The van der Waals surface area contributed by atoms with Crippen molar-refractivity contribution in [1.82, 2.24) is 4.90 Å². The van der Waals surface area contributed by atoms with Crippen LogP contribution in [0.4, 0.5) is 10.5 Å². The summed E-state index contributed by atoms with van der Waals surface area (Å²) in [6.45, 7) is 2.36. The maximum atomic E-state index is 12.4. The van der Waals surface area contributed by atoms with Crippen molar-refractivity contribution in [3.05, 3.63) is 66.1 Å². The first-order valence-corrected chi connectivity index (χ1v) is 11.2. The van der Waals surface area contributed by atoms with Crippen molar-refractivity contribution in [1.29, 1.82) is 0 Å². The van der Waals surface area contributed by atoms with E-state index in [1.165, 1.54) is 12.1 Å². The highest BCUT2D eigenvalue weighted by Gasteiger charge is 2.34. The number of amides is 2. The third kappa shape index (κ3) is 5.41. The lowest BCUT2D eigenvalue weighted by Gasteiger charge is -2.15. The Balaban J connectivity index is 1.83. The van der Waals surface area contributed by atoms with E-state index in [1.54, 1.807) is 24.3 Å². The molecule has 3 rings (SSSR count). The second-order valence-electron chi connectivity index (χ2n) is 6.45. The lowest BCUT2D eigenvalue weighted by molar-refractivity contribution is -0.384. The van der Waals surface area contributed by atoms with Gasteiger partial charge in [-0.25, -0.2) is 0 Å². The summed E-state index contributed by atoms with van der Waals surface area (Å²) in [5.41, 5.74) is 1.45. The number of hydrogen-bond acceptors (Lipinski definition) is 7. The van der Waals surface area contributed by atoms with E-state index in [-0.39, 0.29) is 23.7 Å². The largest absolute Gasteiger partial charge is 0.490 e. The maximum Gasteiger partial charge on any atom is 0.294 e. The highest BCUT2D eigenvalue weighted by Crippen LogP contribution is 2.37. The summed E-state index contributed by atoms with van der Waals surface area (Å²) in [4.78, 5) is 36.1. The van der Waals surface area contributed by atoms with E-state index in [9.17, 15) is 19.7 Å². The molecule has 1 saturated heterocycles. The highest BCUT2D eigenvalue weighted by atomic mass is 127. The van der Waals surface area contributed by atoms with Crippen molar-refractivity contribution in [2.45, 2.75) is 13.5 Å². The summed E-state index contributed by atoms with van der Waals surface area (Å²) in [5, 5.41) is 10.4. The number of nitro groups is 1. The zero-order valence-corrected chi connectivity index (χ0v) is 19.8. The standard InChI is InChI=1S/C22H17IN2O6S/c1-3-9-24-21(26)19(32-22(24)27)12-15-10-17(23)20(18(11-15)30-4-2)31-13-14-5-7-16(8-6-14)25(28)29/h1,5-8,10-12H,4,9,13H2,2H3/b19-12+. The number of terminal acetylenes is 1. The van der Waals surface area contributed by atoms with Crippen molar-refractivity contribution in [2.75, 3.05) is 13.2 Å². The summed E-state index contributed by atoms with van der Waals surface area (Å²) in [6, 6.07) is 9.64. The van der Waals surface area contributed by atoms with Crippen LogP contribution in [0.2, 0.25) is 0 Å². The monoisotopic (exact) mass is 564 g/mol. The first-order chi connectivity index (χ1) is 15.3.